The first-order chi connectivity index (χ1) is 14.3. The number of sulfonamides is 1. The summed E-state index contributed by atoms with van der Waals surface area (Å²) in [4.78, 5) is 4.01. The van der Waals surface area contributed by atoms with E-state index >= 15 is 0 Å². The molecule has 2 heterocycles. The number of benzene rings is 2. The SMILES string of the molecule is Cc1cc(NS(C)(=O)=O)ccc1Nc1n[nH]c(-c2ccc(-n3ccnc3)cc2)c1F. The van der Waals surface area contributed by atoms with Gasteiger partial charge in [0.25, 0.3) is 0 Å². The monoisotopic (exact) mass is 426 g/mol. The zero-order chi connectivity index (χ0) is 21.3. The van der Waals surface area contributed by atoms with Crippen LogP contribution in [0.1, 0.15) is 5.56 Å². The molecule has 0 saturated heterocycles. The van der Waals surface area contributed by atoms with Crippen LogP contribution in [0.3, 0.4) is 0 Å². The van der Waals surface area contributed by atoms with Crippen LogP contribution >= 0.6 is 0 Å². The van der Waals surface area contributed by atoms with E-state index in [1.807, 2.05) is 22.9 Å². The summed E-state index contributed by atoms with van der Waals surface area (Å²) in [5.41, 5.74) is 3.61. The molecule has 0 aliphatic carbocycles. The van der Waals surface area contributed by atoms with E-state index in [9.17, 15) is 12.8 Å². The minimum atomic E-state index is -3.37. The fourth-order valence-corrected chi connectivity index (χ4v) is 3.58. The second-order valence-electron chi connectivity index (χ2n) is 6.81. The lowest BCUT2D eigenvalue weighted by molar-refractivity contribution is 0.607. The standard InChI is InChI=1S/C20H19FN6O2S/c1-13-11-15(26-30(2,28)29)5-8-17(13)23-20-18(21)19(24-25-20)14-3-6-16(7-4-14)27-10-9-22-12-27/h3-12,26H,1-2H3,(H2,23,24,25). The Morgan fingerprint density at radius 1 is 1.13 bits per heavy atom. The van der Waals surface area contributed by atoms with Gasteiger partial charge in [0.2, 0.25) is 10.0 Å². The van der Waals surface area contributed by atoms with Gasteiger partial charge in [-0.25, -0.2) is 17.8 Å². The Hall–Kier alpha value is -3.66. The second-order valence-corrected chi connectivity index (χ2v) is 8.56. The second kappa shape index (κ2) is 7.64. The molecular weight excluding hydrogens is 407 g/mol. The lowest BCUT2D eigenvalue weighted by Crippen LogP contribution is -2.09. The molecule has 154 valence electrons. The van der Waals surface area contributed by atoms with Crippen LogP contribution in [-0.4, -0.2) is 34.4 Å². The summed E-state index contributed by atoms with van der Waals surface area (Å²) in [7, 11) is -3.37. The number of imidazole rings is 1. The number of H-pyrrole nitrogens is 1. The smallest absolute Gasteiger partial charge is 0.229 e. The minimum Gasteiger partial charge on any atom is -0.336 e. The van der Waals surface area contributed by atoms with E-state index in [0.717, 1.165) is 17.5 Å². The normalized spacial score (nSPS) is 11.4. The van der Waals surface area contributed by atoms with E-state index in [4.69, 9.17) is 0 Å². The number of aromatic nitrogens is 4. The van der Waals surface area contributed by atoms with Gasteiger partial charge >= 0.3 is 0 Å². The summed E-state index contributed by atoms with van der Waals surface area (Å²) in [5, 5.41) is 9.72. The molecule has 2 aromatic carbocycles. The van der Waals surface area contributed by atoms with E-state index in [1.54, 1.807) is 49.8 Å². The number of hydrogen-bond donors (Lipinski definition) is 3. The summed E-state index contributed by atoms with van der Waals surface area (Å²) in [6, 6.07) is 12.2. The van der Waals surface area contributed by atoms with Crippen molar-refractivity contribution in [2.75, 3.05) is 16.3 Å². The van der Waals surface area contributed by atoms with Crippen LogP contribution in [0.5, 0.6) is 0 Å². The highest BCUT2D eigenvalue weighted by atomic mass is 32.2. The van der Waals surface area contributed by atoms with Crippen LogP contribution in [0, 0.1) is 12.7 Å². The van der Waals surface area contributed by atoms with E-state index < -0.39 is 15.8 Å². The number of aromatic amines is 1. The molecule has 10 heteroatoms. The summed E-state index contributed by atoms with van der Waals surface area (Å²) < 4.78 is 41.9. The topological polar surface area (TPSA) is 105 Å². The zero-order valence-corrected chi connectivity index (χ0v) is 17.0. The van der Waals surface area contributed by atoms with Crippen molar-refractivity contribution < 1.29 is 12.8 Å². The molecule has 0 radical (unpaired) electrons. The van der Waals surface area contributed by atoms with Gasteiger partial charge in [-0.3, -0.25) is 9.82 Å². The number of halogens is 1. The Kier molecular flexibility index (Phi) is 5.00. The van der Waals surface area contributed by atoms with Crippen LogP contribution in [-0.2, 0) is 10.0 Å². The fraction of sp³-hybridized carbons (Fsp3) is 0.100. The van der Waals surface area contributed by atoms with E-state index in [0.29, 0.717) is 16.9 Å². The van der Waals surface area contributed by atoms with Crippen molar-refractivity contribution in [2.24, 2.45) is 0 Å². The molecule has 0 saturated carbocycles. The summed E-state index contributed by atoms with van der Waals surface area (Å²) in [5.74, 6) is -0.460. The third-order valence-corrected chi connectivity index (χ3v) is 5.05. The third-order valence-electron chi connectivity index (χ3n) is 4.45. The first-order valence-corrected chi connectivity index (χ1v) is 10.9. The fourth-order valence-electron chi connectivity index (χ4n) is 3.02. The lowest BCUT2D eigenvalue weighted by Gasteiger charge is -2.10. The van der Waals surface area contributed by atoms with Crippen molar-refractivity contribution in [1.82, 2.24) is 19.7 Å². The number of nitrogens with zero attached hydrogens (tertiary/aromatic N) is 3. The molecule has 0 atom stereocenters. The average Bonchev–Trinajstić information content (AvgIpc) is 3.34. The number of anilines is 3. The molecule has 8 nitrogen and oxygen atoms in total. The molecule has 0 aliphatic rings. The van der Waals surface area contributed by atoms with Gasteiger partial charge in [0.1, 0.15) is 5.69 Å². The Morgan fingerprint density at radius 2 is 1.90 bits per heavy atom. The zero-order valence-electron chi connectivity index (χ0n) is 16.2. The van der Waals surface area contributed by atoms with Gasteiger partial charge in [0.15, 0.2) is 11.6 Å². The Labute approximate surface area is 172 Å². The number of hydrogen-bond acceptors (Lipinski definition) is 5. The summed E-state index contributed by atoms with van der Waals surface area (Å²) in [6.07, 6.45) is 6.28. The molecule has 0 aliphatic heterocycles. The highest BCUT2D eigenvalue weighted by molar-refractivity contribution is 7.92. The van der Waals surface area contributed by atoms with Crippen molar-refractivity contribution in [3.05, 3.63) is 72.6 Å². The third kappa shape index (κ3) is 4.18. The molecule has 30 heavy (non-hydrogen) atoms. The molecule has 4 aromatic rings. The number of nitrogens with one attached hydrogen (secondary N) is 3. The van der Waals surface area contributed by atoms with Crippen LogP contribution in [0.4, 0.5) is 21.6 Å². The molecule has 0 amide bonds. The maximum atomic E-state index is 14.9. The number of rotatable bonds is 6. The van der Waals surface area contributed by atoms with Gasteiger partial charge in [-0.05, 0) is 42.8 Å². The van der Waals surface area contributed by atoms with Gasteiger partial charge in [-0.15, -0.1) is 0 Å². The van der Waals surface area contributed by atoms with Gasteiger partial charge < -0.3 is 9.88 Å². The van der Waals surface area contributed by atoms with Gasteiger partial charge in [-0.2, -0.15) is 5.10 Å². The van der Waals surface area contributed by atoms with Crippen molar-refractivity contribution in [2.45, 2.75) is 6.92 Å². The van der Waals surface area contributed by atoms with Crippen LogP contribution in [0.15, 0.2) is 61.2 Å². The van der Waals surface area contributed by atoms with Crippen LogP contribution in [0.2, 0.25) is 0 Å². The first-order valence-electron chi connectivity index (χ1n) is 8.98. The molecular formula is C20H19FN6O2S. The Balaban J connectivity index is 1.55. The lowest BCUT2D eigenvalue weighted by atomic mass is 10.1. The Morgan fingerprint density at radius 3 is 2.53 bits per heavy atom. The molecule has 0 bridgehead atoms. The van der Waals surface area contributed by atoms with E-state index in [1.165, 1.54) is 0 Å². The van der Waals surface area contributed by atoms with E-state index in [2.05, 4.69) is 25.2 Å². The van der Waals surface area contributed by atoms with Gasteiger partial charge in [0.05, 0.1) is 12.6 Å². The summed E-state index contributed by atoms with van der Waals surface area (Å²) >= 11 is 0. The molecule has 4 rings (SSSR count). The predicted octanol–water partition coefficient (Wildman–Crippen LogP) is 3.83. The van der Waals surface area contributed by atoms with Gasteiger partial charge in [0, 0.05) is 35.0 Å². The quantitative estimate of drug-likeness (QED) is 0.435. The van der Waals surface area contributed by atoms with Gasteiger partial charge in [-0.1, -0.05) is 12.1 Å². The minimum absolute atomic E-state index is 0.0515. The largest absolute Gasteiger partial charge is 0.336 e. The van der Waals surface area contributed by atoms with Crippen LogP contribution < -0.4 is 10.0 Å². The molecule has 2 aromatic heterocycles. The van der Waals surface area contributed by atoms with Crippen LogP contribution in [0.25, 0.3) is 16.9 Å². The molecule has 0 unspecified atom stereocenters. The summed E-state index contributed by atoms with van der Waals surface area (Å²) in [6.45, 7) is 1.79. The van der Waals surface area contributed by atoms with Crippen molar-refractivity contribution in [3.63, 3.8) is 0 Å². The first kappa shape index (κ1) is 19.6. The number of aryl methyl sites for hydroxylation is 1. The maximum Gasteiger partial charge on any atom is 0.229 e. The maximum absolute atomic E-state index is 14.9. The average molecular weight is 426 g/mol. The predicted molar refractivity (Wildman–Crippen MR) is 114 cm³/mol. The highest BCUT2D eigenvalue weighted by Crippen LogP contribution is 2.29. The molecule has 3 N–H and O–H groups in total. The van der Waals surface area contributed by atoms with Crippen molar-refractivity contribution >= 4 is 27.2 Å². The van der Waals surface area contributed by atoms with E-state index in [-0.39, 0.29) is 11.5 Å². The highest BCUT2D eigenvalue weighted by Gasteiger charge is 2.16. The van der Waals surface area contributed by atoms with Crippen molar-refractivity contribution in [3.8, 4) is 16.9 Å². The molecule has 0 spiro atoms. The van der Waals surface area contributed by atoms with Crippen molar-refractivity contribution in [1.29, 1.82) is 0 Å². The Bertz CT molecular complexity index is 1280. The molecule has 0 fully saturated rings.